The van der Waals surface area contributed by atoms with Gasteiger partial charge in [-0.05, 0) is 63.0 Å². The first kappa shape index (κ1) is 16.5. The van der Waals surface area contributed by atoms with Gasteiger partial charge >= 0.3 is 0 Å². The smallest absolute Gasteiger partial charge is 0.0482 e. The Labute approximate surface area is 140 Å². The zero-order chi connectivity index (χ0) is 16.4. The van der Waals surface area contributed by atoms with E-state index >= 15 is 0 Å². The molecule has 23 heavy (non-hydrogen) atoms. The molecule has 1 saturated heterocycles. The molecule has 0 radical (unpaired) electrons. The van der Waals surface area contributed by atoms with Crippen LogP contribution in [0.15, 0.2) is 18.2 Å². The first-order chi connectivity index (χ1) is 11.1. The van der Waals surface area contributed by atoms with E-state index in [0.717, 1.165) is 6.42 Å². The number of hydrogen-bond donors (Lipinski definition) is 0. The molecule has 1 aromatic heterocycles. The zero-order valence-corrected chi connectivity index (χ0v) is 15.2. The third-order valence-corrected chi connectivity index (χ3v) is 5.59. The molecular weight excluding hydrogens is 282 g/mol. The van der Waals surface area contributed by atoms with E-state index in [-0.39, 0.29) is 0 Å². The van der Waals surface area contributed by atoms with Crippen molar-refractivity contribution in [1.29, 1.82) is 0 Å². The maximum absolute atomic E-state index is 2.62. The van der Waals surface area contributed by atoms with Crippen molar-refractivity contribution in [3.05, 3.63) is 35.0 Å². The lowest BCUT2D eigenvalue weighted by molar-refractivity contribution is 0.153. The Morgan fingerprint density at radius 3 is 2.48 bits per heavy atom. The molecule has 0 unspecified atom stereocenters. The van der Waals surface area contributed by atoms with Gasteiger partial charge in [0.1, 0.15) is 0 Å². The summed E-state index contributed by atoms with van der Waals surface area (Å²) in [5.41, 5.74) is 5.83. The van der Waals surface area contributed by atoms with Crippen LogP contribution in [0.25, 0.3) is 10.9 Å². The molecule has 3 nitrogen and oxygen atoms in total. The lowest BCUT2D eigenvalue weighted by Crippen LogP contribution is -2.44. The van der Waals surface area contributed by atoms with Crippen molar-refractivity contribution in [3.63, 3.8) is 0 Å². The Morgan fingerprint density at radius 2 is 1.78 bits per heavy atom. The number of aromatic nitrogens is 1. The maximum atomic E-state index is 2.62. The number of likely N-dealkylation sites (N-methyl/N-ethyl adjacent to an activating group) is 1. The molecule has 0 amide bonds. The number of piperazine rings is 1. The number of rotatable bonds is 5. The van der Waals surface area contributed by atoms with Gasteiger partial charge in [0.2, 0.25) is 0 Å². The van der Waals surface area contributed by atoms with Crippen LogP contribution in [-0.2, 0) is 19.9 Å². The molecule has 2 aromatic rings. The summed E-state index contributed by atoms with van der Waals surface area (Å²) < 4.78 is 2.36. The summed E-state index contributed by atoms with van der Waals surface area (Å²) in [5.74, 6) is 0. The number of benzene rings is 1. The minimum absolute atomic E-state index is 1.12. The summed E-state index contributed by atoms with van der Waals surface area (Å²) in [4.78, 5) is 5.05. The summed E-state index contributed by atoms with van der Waals surface area (Å²) in [6, 6.07) is 6.98. The molecule has 0 aliphatic carbocycles. The highest BCUT2D eigenvalue weighted by molar-refractivity contribution is 5.86. The summed E-state index contributed by atoms with van der Waals surface area (Å²) in [6.07, 6.45) is 3.58. The van der Waals surface area contributed by atoms with E-state index in [1.165, 1.54) is 67.7 Å². The molecule has 0 atom stereocenters. The standard InChI is InChI=1S/C20H31N3/c1-5-17-8-9-20-19(15-17)18(16(2)22(20)4)7-6-10-23-13-11-21(3)12-14-23/h8-9,15H,5-7,10-14H2,1-4H3. The first-order valence-electron chi connectivity index (χ1n) is 9.08. The molecule has 3 rings (SSSR count). The Bertz CT molecular complexity index is 663. The average molecular weight is 313 g/mol. The highest BCUT2D eigenvalue weighted by Crippen LogP contribution is 2.27. The van der Waals surface area contributed by atoms with Gasteiger partial charge in [0, 0.05) is 49.8 Å². The van der Waals surface area contributed by atoms with Crippen molar-refractivity contribution >= 4 is 10.9 Å². The zero-order valence-electron chi connectivity index (χ0n) is 15.2. The monoisotopic (exact) mass is 313 g/mol. The fraction of sp³-hybridized carbons (Fsp3) is 0.600. The fourth-order valence-electron chi connectivity index (χ4n) is 3.78. The van der Waals surface area contributed by atoms with Crippen LogP contribution in [0.3, 0.4) is 0 Å². The second kappa shape index (κ2) is 7.06. The second-order valence-electron chi connectivity index (χ2n) is 7.08. The second-order valence-corrected chi connectivity index (χ2v) is 7.08. The Hall–Kier alpha value is -1.32. The quantitative estimate of drug-likeness (QED) is 0.839. The molecule has 2 heterocycles. The molecule has 3 heteroatoms. The predicted octanol–water partition coefficient (Wildman–Crippen LogP) is 3.23. The van der Waals surface area contributed by atoms with Crippen molar-refractivity contribution in [2.24, 2.45) is 7.05 Å². The lowest BCUT2D eigenvalue weighted by Gasteiger charge is -2.32. The van der Waals surface area contributed by atoms with Crippen LogP contribution in [-0.4, -0.2) is 54.1 Å². The molecule has 0 bridgehead atoms. The minimum Gasteiger partial charge on any atom is -0.348 e. The summed E-state index contributed by atoms with van der Waals surface area (Å²) in [7, 11) is 4.43. The van der Waals surface area contributed by atoms with E-state index in [0.29, 0.717) is 0 Å². The van der Waals surface area contributed by atoms with Gasteiger partial charge in [-0.3, -0.25) is 0 Å². The number of nitrogens with zero attached hydrogens (tertiary/aromatic N) is 3. The van der Waals surface area contributed by atoms with Crippen LogP contribution in [0.5, 0.6) is 0 Å². The molecular formula is C20H31N3. The van der Waals surface area contributed by atoms with E-state index in [1.54, 1.807) is 5.56 Å². The summed E-state index contributed by atoms with van der Waals surface area (Å²) in [5, 5.41) is 1.47. The number of fused-ring (bicyclic) bond motifs is 1. The van der Waals surface area contributed by atoms with Gasteiger partial charge in [-0.15, -0.1) is 0 Å². The van der Waals surface area contributed by atoms with Gasteiger partial charge in [0.05, 0.1) is 0 Å². The molecule has 0 saturated carbocycles. The summed E-state index contributed by atoms with van der Waals surface area (Å²) >= 11 is 0. The van der Waals surface area contributed by atoms with E-state index in [1.807, 2.05) is 0 Å². The predicted molar refractivity (Wildman–Crippen MR) is 99.3 cm³/mol. The van der Waals surface area contributed by atoms with E-state index in [2.05, 4.69) is 60.5 Å². The van der Waals surface area contributed by atoms with E-state index in [4.69, 9.17) is 0 Å². The number of aryl methyl sites for hydroxylation is 3. The molecule has 1 aliphatic heterocycles. The number of hydrogen-bond acceptors (Lipinski definition) is 2. The Balaban J connectivity index is 1.70. The van der Waals surface area contributed by atoms with Gasteiger partial charge < -0.3 is 14.4 Å². The minimum atomic E-state index is 1.12. The van der Waals surface area contributed by atoms with Crippen LogP contribution in [0.4, 0.5) is 0 Å². The Morgan fingerprint density at radius 1 is 1.04 bits per heavy atom. The highest BCUT2D eigenvalue weighted by Gasteiger charge is 2.15. The molecule has 1 fully saturated rings. The van der Waals surface area contributed by atoms with E-state index < -0.39 is 0 Å². The topological polar surface area (TPSA) is 11.4 Å². The summed E-state index contributed by atoms with van der Waals surface area (Å²) in [6.45, 7) is 10.6. The van der Waals surface area contributed by atoms with Gasteiger partial charge in [0.15, 0.2) is 0 Å². The van der Waals surface area contributed by atoms with Crippen LogP contribution in [0.2, 0.25) is 0 Å². The third-order valence-electron chi connectivity index (χ3n) is 5.59. The van der Waals surface area contributed by atoms with Gasteiger partial charge in [-0.2, -0.15) is 0 Å². The van der Waals surface area contributed by atoms with Crippen LogP contribution in [0, 0.1) is 6.92 Å². The van der Waals surface area contributed by atoms with Crippen LogP contribution >= 0.6 is 0 Å². The molecule has 1 aliphatic rings. The first-order valence-corrected chi connectivity index (χ1v) is 9.08. The van der Waals surface area contributed by atoms with Crippen LogP contribution in [0.1, 0.15) is 30.2 Å². The fourth-order valence-corrected chi connectivity index (χ4v) is 3.78. The largest absolute Gasteiger partial charge is 0.348 e. The SMILES string of the molecule is CCc1ccc2c(c1)c(CCCN1CCN(C)CC1)c(C)n2C. The Kier molecular flexibility index (Phi) is 5.08. The molecule has 0 spiro atoms. The third kappa shape index (κ3) is 3.46. The molecule has 1 aromatic carbocycles. The lowest BCUT2D eigenvalue weighted by atomic mass is 10.0. The van der Waals surface area contributed by atoms with Crippen molar-refractivity contribution in [2.75, 3.05) is 39.8 Å². The molecule has 0 N–H and O–H groups in total. The maximum Gasteiger partial charge on any atom is 0.0482 e. The van der Waals surface area contributed by atoms with Gasteiger partial charge in [-0.25, -0.2) is 0 Å². The van der Waals surface area contributed by atoms with Crippen molar-refractivity contribution < 1.29 is 0 Å². The van der Waals surface area contributed by atoms with Crippen LogP contribution < -0.4 is 0 Å². The molecule has 126 valence electrons. The van der Waals surface area contributed by atoms with E-state index in [9.17, 15) is 0 Å². The van der Waals surface area contributed by atoms with Crippen molar-refractivity contribution in [2.45, 2.75) is 33.1 Å². The van der Waals surface area contributed by atoms with Crippen molar-refractivity contribution in [3.8, 4) is 0 Å². The van der Waals surface area contributed by atoms with Gasteiger partial charge in [-0.1, -0.05) is 13.0 Å². The highest BCUT2D eigenvalue weighted by atomic mass is 15.2. The van der Waals surface area contributed by atoms with Gasteiger partial charge in [0.25, 0.3) is 0 Å². The van der Waals surface area contributed by atoms with Crippen molar-refractivity contribution in [1.82, 2.24) is 14.4 Å². The normalized spacial score (nSPS) is 17.2. The average Bonchev–Trinajstić information content (AvgIpc) is 2.81.